The number of nitrogens with one attached hydrogen (secondary N) is 1. The van der Waals surface area contributed by atoms with Gasteiger partial charge in [0, 0.05) is 23.6 Å². The molecule has 0 radical (unpaired) electrons. The Kier molecular flexibility index (Phi) is 4.43. The number of benzene rings is 1. The minimum atomic E-state index is 1.14. The van der Waals surface area contributed by atoms with Gasteiger partial charge in [0.15, 0.2) is 0 Å². The molecule has 1 N–H and O–H groups in total. The van der Waals surface area contributed by atoms with Crippen LogP contribution < -0.4 is 0 Å². The van der Waals surface area contributed by atoms with E-state index in [1.165, 1.54) is 35.0 Å². The number of aryl methyl sites for hydroxylation is 1. The van der Waals surface area contributed by atoms with Crippen molar-refractivity contribution in [2.75, 3.05) is 19.6 Å². The van der Waals surface area contributed by atoms with Gasteiger partial charge in [0.25, 0.3) is 0 Å². The number of fused-ring (bicyclic) bond motifs is 1. The predicted molar refractivity (Wildman–Crippen MR) is 79.1 cm³/mol. The van der Waals surface area contributed by atoms with Crippen molar-refractivity contribution in [1.82, 2.24) is 9.88 Å². The van der Waals surface area contributed by atoms with Crippen LogP contribution in [0.25, 0.3) is 10.9 Å². The Morgan fingerprint density at radius 3 is 2.72 bits per heavy atom. The summed E-state index contributed by atoms with van der Waals surface area (Å²) in [5, 5.41) is 1.39. The second kappa shape index (κ2) is 6.05. The van der Waals surface area contributed by atoms with Crippen LogP contribution in [-0.2, 0) is 6.42 Å². The molecule has 0 aliphatic carbocycles. The zero-order chi connectivity index (χ0) is 13.0. The number of hydrogen-bond acceptors (Lipinski definition) is 1. The van der Waals surface area contributed by atoms with E-state index >= 15 is 0 Å². The first kappa shape index (κ1) is 13.2. The molecule has 18 heavy (non-hydrogen) atoms. The van der Waals surface area contributed by atoms with Crippen LogP contribution in [0.2, 0.25) is 0 Å². The molecular formula is C16H24N2. The third-order valence-electron chi connectivity index (χ3n) is 3.69. The van der Waals surface area contributed by atoms with Crippen LogP contribution in [0.3, 0.4) is 0 Å². The highest BCUT2D eigenvalue weighted by Crippen LogP contribution is 2.21. The Balaban J connectivity index is 2.10. The maximum Gasteiger partial charge on any atom is 0.0486 e. The zero-order valence-corrected chi connectivity index (χ0v) is 11.8. The van der Waals surface area contributed by atoms with Crippen molar-refractivity contribution in [3.05, 3.63) is 35.5 Å². The number of likely N-dealkylation sites (N-methyl/N-ethyl adjacent to an activating group) is 1. The number of nitrogens with zero attached hydrogens (tertiary/aromatic N) is 1. The van der Waals surface area contributed by atoms with Crippen molar-refractivity contribution in [2.45, 2.75) is 33.6 Å². The summed E-state index contributed by atoms with van der Waals surface area (Å²) >= 11 is 0. The van der Waals surface area contributed by atoms with Crippen LogP contribution in [0.1, 0.15) is 31.4 Å². The van der Waals surface area contributed by atoms with Crippen LogP contribution in [0.5, 0.6) is 0 Å². The molecule has 0 spiro atoms. The summed E-state index contributed by atoms with van der Waals surface area (Å²) in [5.41, 5.74) is 4.08. The van der Waals surface area contributed by atoms with Crippen molar-refractivity contribution in [2.24, 2.45) is 0 Å². The van der Waals surface area contributed by atoms with Crippen molar-refractivity contribution in [3.63, 3.8) is 0 Å². The van der Waals surface area contributed by atoms with Crippen LogP contribution in [-0.4, -0.2) is 29.5 Å². The van der Waals surface area contributed by atoms with Crippen molar-refractivity contribution in [1.29, 1.82) is 0 Å². The van der Waals surface area contributed by atoms with Crippen LogP contribution >= 0.6 is 0 Å². The summed E-state index contributed by atoms with van der Waals surface area (Å²) in [4.78, 5) is 5.93. The van der Waals surface area contributed by atoms with Gasteiger partial charge in [0.2, 0.25) is 0 Å². The minimum Gasteiger partial charge on any atom is -0.361 e. The van der Waals surface area contributed by atoms with Gasteiger partial charge in [-0.2, -0.15) is 0 Å². The summed E-state index contributed by atoms with van der Waals surface area (Å²) in [5.74, 6) is 0. The van der Waals surface area contributed by atoms with Gasteiger partial charge in [-0.3, -0.25) is 0 Å². The molecule has 0 saturated carbocycles. The Morgan fingerprint density at radius 1 is 1.17 bits per heavy atom. The number of aromatic nitrogens is 1. The van der Waals surface area contributed by atoms with E-state index in [0.29, 0.717) is 0 Å². The SMILES string of the molecule is CCCN(CC)CCc1c[nH]c2c(C)cccc12. The lowest BCUT2D eigenvalue weighted by Crippen LogP contribution is -2.26. The maximum absolute atomic E-state index is 3.41. The summed E-state index contributed by atoms with van der Waals surface area (Å²) in [6, 6.07) is 6.54. The predicted octanol–water partition coefficient (Wildman–Crippen LogP) is 3.75. The molecule has 0 amide bonds. The van der Waals surface area contributed by atoms with Crippen LogP contribution in [0.15, 0.2) is 24.4 Å². The monoisotopic (exact) mass is 244 g/mol. The lowest BCUT2D eigenvalue weighted by atomic mass is 10.1. The second-order valence-corrected chi connectivity index (χ2v) is 5.00. The average molecular weight is 244 g/mol. The highest BCUT2D eigenvalue weighted by atomic mass is 15.1. The minimum absolute atomic E-state index is 1.14. The van der Waals surface area contributed by atoms with Gasteiger partial charge in [-0.05, 0) is 44.0 Å². The lowest BCUT2D eigenvalue weighted by Gasteiger charge is -2.18. The van der Waals surface area contributed by atoms with Gasteiger partial charge >= 0.3 is 0 Å². The Hall–Kier alpha value is -1.28. The zero-order valence-electron chi connectivity index (χ0n) is 11.8. The molecule has 0 atom stereocenters. The van der Waals surface area contributed by atoms with E-state index in [1.807, 2.05) is 0 Å². The number of hydrogen-bond donors (Lipinski definition) is 1. The normalized spacial score (nSPS) is 11.6. The average Bonchev–Trinajstić information content (AvgIpc) is 2.79. The van der Waals surface area contributed by atoms with Gasteiger partial charge < -0.3 is 9.88 Å². The molecule has 2 aromatic rings. The molecule has 0 unspecified atom stereocenters. The molecule has 0 saturated heterocycles. The van der Waals surface area contributed by atoms with Gasteiger partial charge in [-0.15, -0.1) is 0 Å². The van der Waals surface area contributed by atoms with Crippen molar-refractivity contribution >= 4 is 10.9 Å². The first-order chi connectivity index (χ1) is 8.76. The van der Waals surface area contributed by atoms with E-state index in [1.54, 1.807) is 0 Å². The summed E-state index contributed by atoms with van der Waals surface area (Å²) < 4.78 is 0. The topological polar surface area (TPSA) is 19.0 Å². The maximum atomic E-state index is 3.41. The van der Waals surface area contributed by atoms with E-state index in [9.17, 15) is 0 Å². The molecule has 1 aromatic carbocycles. The third kappa shape index (κ3) is 2.75. The first-order valence-corrected chi connectivity index (χ1v) is 7.04. The van der Waals surface area contributed by atoms with Crippen LogP contribution in [0, 0.1) is 6.92 Å². The molecule has 2 heteroatoms. The van der Waals surface area contributed by atoms with E-state index in [2.05, 4.69) is 55.1 Å². The molecule has 98 valence electrons. The molecule has 2 nitrogen and oxygen atoms in total. The van der Waals surface area contributed by atoms with E-state index in [4.69, 9.17) is 0 Å². The van der Waals surface area contributed by atoms with E-state index in [-0.39, 0.29) is 0 Å². The first-order valence-electron chi connectivity index (χ1n) is 7.04. The number of H-pyrrole nitrogens is 1. The Bertz CT molecular complexity index is 499. The fourth-order valence-corrected chi connectivity index (χ4v) is 2.59. The van der Waals surface area contributed by atoms with Crippen LogP contribution in [0.4, 0.5) is 0 Å². The fourth-order valence-electron chi connectivity index (χ4n) is 2.59. The largest absolute Gasteiger partial charge is 0.361 e. The number of aromatic amines is 1. The van der Waals surface area contributed by atoms with Crippen molar-refractivity contribution in [3.8, 4) is 0 Å². The molecule has 1 aromatic heterocycles. The Morgan fingerprint density at radius 2 is 2.00 bits per heavy atom. The molecular weight excluding hydrogens is 220 g/mol. The van der Waals surface area contributed by atoms with Crippen molar-refractivity contribution < 1.29 is 0 Å². The molecule has 0 bridgehead atoms. The van der Waals surface area contributed by atoms with E-state index in [0.717, 1.165) is 19.5 Å². The molecule has 0 fully saturated rings. The lowest BCUT2D eigenvalue weighted by molar-refractivity contribution is 0.293. The standard InChI is InChI=1S/C16H24N2/c1-4-10-18(5-2)11-9-14-12-17-16-13(3)7-6-8-15(14)16/h6-8,12,17H,4-5,9-11H2,1-3H3. The molecule has 2 rings (SSSR count). The molecule has 0 aliphatic rings. The Labute approximate surface area is 110 Å². The number of para-hydroxylation sites is 1. The second-order valence-electron chi connectivity index (χ2n) is 5.00. The molecule has 1 heterocycles. The highest BCUT2D eigenvalue weighted by molar-refractivity contribution is 5.85. The summed E-state index contributed by atoms with van der Waals surface area (Å²) in [6.07, 6.45) is 4.55. The van der Waals surface area contributed by atoms with Gasteiger partial charge in [0.05, 0.1) is 0 Å². The van der Waals surface area contributed by atoms with Gasteiger partial charge in [-0.1, -0.05) is 32.0 Å². The molecule has 0 aliphatic heterocycles. The fraction of sp³-hybridized carbons (Fsp3) is 0.500. The van der Waals surface area contributed by atoms with E-state index < -0.39 is 0 Å². The highest BCUT2D eigenvalue weighted by Gasteiger charge is 2.07. The van der Waals surface area contributed by atoms with Gasteiger partial charge in [0.1, 0.15) is 0 Å². The summed E-state index contributed by atoms with van der Waals surface area (Å²) in [7, 11) is 0. The quantitative estimate of drug-likeness (QED) is 0.820. The number of rotatable bonds is 6. The smallest absolute Gasteiger partial charge is 0.0486 e. The van der Waals surface area contributed by atoms with Gasteiger partial charge in [-0.25, -0.2) is 0 Å². The third-order valence-corrected chi connectivity index (χ3v) is 3.69. The summed E-state index contributed by atoms with van der Waals surface area (Å²) in [6.45, 7) is 10.2.